The molecule has 1 rings (SSSR count). The molecule has 6 heteroatoms. The van der Waals surface area contributed by atoms with Gasteiger partial charge in [0, 0.05) is 6.04 Å². The number of nitrogens with two attached hydrogens (primary N) is 1. The van der Waals surface area contributed by atoms with Crippen molar-refractivity contribution in [1.82, 2.24) is 10.2 Å². The van der Waals surface area contributed by atoms with Crippen molar-refractivity contribution < 1.29 is 4.92 Å². The van der Waals surface area contributed by atoms with E-state index in [9.17, 15) is 10.1 Å². The van der Waals surface area contributed by atoms with Gasteiger partial charge in [-0.2, -0.15) is 0 Å². The monoisotopic (exact) mass is 182 g/mol. The molecule has 1 aromatic heterocycles. The number of aromatic amines is 1. The third-order valence-corrected chi connectivity index (χ3v) is 1.41. The molecule has 0 spiro atoms. The van der Waals surface area contributed by atoms with E-state index in [4.69, 9.17) is 5.73 Å². The second kappa shape index (κ2) is 3.81. The second-order valence-electron chi connectivity index (χ2n) is 2.65. The number of hydrogen-bond donors (Lipinski definition) is 2. The number of rotatable bonds is 3. The molecule has 0 aromatic carbocycles. The first-order chi connectivity index (χ1) is 6.11. The summed E-state index contributed by atoms with van der Waals surface area (Å²) in [6, 6.07) is -0.130. The lowest BCUT2D eigenvalue weighted by atomic mass is 10.2. The second-order valence-corrected chi connectivity index (χ2v) is 2.65. The molecule has 3 N–H and O–H groups in total. The molecule has 0 aliphatic rings. The molecular formula is C7H10N4O2. The van der Waals surface area contributed by atoms with Crippen LogP contribution in [0.1, 0.15) is 12.5 Å². The molecule has 0 amide bonds. The summed E-state index contributed by atoms with van der Waals surface area (Å²) in [6.45, 7) is 1.78. The fraction of sp³-hybridized carbons (Fsp3) is 0.286. The van der Waals surface area contributed by atoms with Crippen molar-refractivity contribution >= 4 is 11.9 Å². The Hall–Kier alpha value is -1.69. The number of nitro groups is 1. The van der Waals surface area contributed by atoms with Crippen LogP contribution in [0.4, 0.5) is 5.82 Å². The van der Waals surface area contributed by atoms with Crippen LogP contribution < -0.4 is 5.73 Å². The summed E-state index contributed by atoms with van der Waals surface area (Å²) >= 11 is 0. The van der Waals surface area contributed by atoms with Crippen LogP contribution in [-0.4, -0.2) is 21.2 Å². The smallest absolute Gasteiger partial charge is 0.349 e. The lowest BCUT2D eigenvalue weighted by molar-refractivity contribution is -0.389. The van der Waals surface area contributed by atoms with Gasteiger partial charge in [0.1, 0.15) is 0 Å². The summed E-state index contributed by atoms with van der Waals surface area (Å²) < 4.78 is 0. The van der Waals surface area contributed by atoms with Gasteiger partial charge in [-0.25, -0.2) is 0 Å². The molecule has 0 saturated heterocycles. The maximum absolute atomic E-state index is 10.4. The zero-order chi connectivity index (χ0) is 9.84. The van der Waals surface area contributed by atoms with Crippen molar-refractivity contribution in [2.45, 2.75) is 13.0 Å². The highest BCUT2D eigenvalue weighted by atomic mass is 16.6. The molecule has 0 aliphatic heterocycles. The quantitative estimate of drug-likeness (QED) is 0.530. The zero-order valence-electron chi connectivity index (χ0n) is 7.10. The molecule has 0 radical (unpaired) electrons. The van der Waals surface area contributed by atoms with Crippen molar-refractivity contribution in [3.05, 3.63) is 28.0 Å². The maximum atomic E-state index is 10.4. The van der Waals surface area contributed by atoms with Gasteiger partial charge in [-0.3, -0.25) is 0 Å². The Morgan fingerprint density at radius 3 is 3.08 bits per heavy atom. The molecule has 1 unspecified atom stereocenters. The zero-order valence-corrected chi connectivity index (χ0v) is 7.10. The van der Waals surface area contributed by atoms with Crippen molar-refractivity contribution in [2.24, 2.45) is 5.73 Å². The molecule has 0 bridgehead atoms. The Balaban J connectivity index is 2.88. The topological polar surface area (TPSA) is 97.8 Å². The lowest BCUT2D eigenvalue weighted by Crippen LogP contribution is -2.09. The number of H-pyrrole nitrogens is 1. The first-order valence-electron chi connectivity index (χ1n) is 3.73. The van der Waals surface area contributed by atoms with E-state index in [1.165, 1.54) is 6.20 Å². The average molecular weight is 182 g/mol. The molecule has 0 aliphatic carbocycles. The highest BCUT2D eigenvalue weighted by molar-refractivity contribution is 5.57. The molecule has 1 atom stereocenters. The molecule has 1 heterocycles. The van der Waals surface area contributed by atoms with Crippen molar-refractivity contribution in [3.63, 3.8) is 0 Å². The van der Waals surface area contributed by atoms with Gasteiger partial charge in [0.25, 0.3) is 0 Å². The van der Waals surface area contributed by atoms with Crippen LogP contribution in [0.2, 0.25) is 0 Å². The van der Waals surface area contributed by atoms with Gasteiger partial charge < -0.3 is 15.8 Å². The average Bonchev–Trinajstić information content (AvgIpc) is 2.47. The standard InChI is InChI=1S/C7H10N4O2/c1-5(8)2-3-6-4-9-10-7(6)11(12)13/h2-5H,8H2,1H3,(H,9,10)/b3-2+. The van der Waals surface area contributed by atoms with Crippen LogP contribution in [0.5, 0.6) is 0 Å². The Morgan fingerprint density at radius 1 is 1.85 bits per heavy atom. The van der Waals surface area contributed by atoms with Crippen LogP contribution in [0, 0.1) is 10.1 Å². The predicted octanol–water partition coefficient (Wildman–Crippen LogP) is 0.678. The Bertz CT molecular complexity index is 329. The lowest BCUT2D eigenvalue weighted by Gasteiger charge is -1.93. The number of hydrogen-bond acceptors (Lipinski definition) is 4. The largest absolute Gasteiger partial charge is 0.358 e. The highest BCUT2D eigenvalue weighted by Crippen LogP contribution is 2.14. The van der Waals surface area contributed by atoms with E-state index in [1.54, 1.807) is 19.1 Å². The van der Waals surface area contributed by atoms with Crippen LogP contribution >= 0.6 is 0 Å². The van der Waals surface area contributed by atoms with Crippen LogP contribution in [0.15, 0.2) is 12.3 Å². The van der Waals surface area contributed by atoms with Crippen molar-refractivity contribution in [3.8, 4) is 0 Å². The van der Waals surface area contributed by atoms with E-state index < -0.39 is 4.92 Å². The summed E-state index contributed by atoms with van der Waals surface area (Å²) in [5.74, 6) is -0.114. The van der Waals surface area contributed by atoms with Gasteiger partial charge >= 0.3 is 5.82 Å². The molecule has 0 saturated carbocycles. The maximum Gasteiger partial charge on any atom is 0.349 e. The van der Waals surface area contributed by atoms with Gasteiger partial charge in [0.15, 0.2) is 0 Å². The molecule has 70 valence electrons. The summed E-state index contributed by atoms with van der Waals surface area (Å²) in [5, 5.41) is 16.2. The molecular weight excluding hydrogens is 172 g/mol. The number of nitrogens with zero attached hydrogens (tertiary/aromatic N) is 2. The predicted molar refractivity (Wildman–Crippen MR) is 47.9 cm³/mol. The Labute approximate surface area is 74.6 Å². The normalized spacial score (nSPS) is 13.4. The summed E-state index contributed by atoms with van der Waals surface area (Å²) in [5.41, 5.74) is 5.88. The van der Waals surface area contributed by atoms with E-state index in [1.807, 2.05) is 0 Å². The van der Waals surface area contributed by atoms with E-state index in [2.05, 4.69) is 10.2 Å². The summed E-state index contributed by atoms with van der Waals surface area (Å²) in [4.78, 5) is 9.88. The van der Waals surface area contributed by atoms with Gasteiger partial charge in [0.2, 0.25) is 0 Å². The van der Waals surface area contributed by atoms with Crippen LogP contribution in [-0.2, 0) is 0 Å². The number of aromatic nitrogens is 2. The van der Waals surface area contributed by atoms with Gasteiger partial charge in [-0.1, -0.05) is 11.2 Å². The highest BCUT2D eigenvalue weighted by Gasteiger charge is 2.11. The fourth-order valence-corrected chi connectivity index (χ4v) is 0.812. The minimum Gasteiger partial charge on any atom is -0.358 e. The van der Waals surface area contributed by atoms with Crippen molar-refractivity contribution in [1.29, 1.82) is 0 Å². The Kier molecular flexibility index (Phi) is 2.76. The van der Waals surface area contributed by atoms with E-state index in [-0.39, 0.29) is 11.9 Å². The molecule has 0 fully saturated rings. The minimum absolute atomic E-state index is 0.114. The summed E-state index contributed by atoms with van der Waals surface area (Å²) in [6.07, 6.45) is 4.63. The first kappa shape index (κ1) is 9.40. The van der Waals surface area contributed by atoms with E-state index in [0.29, 0.717) is 5.56 Å². The molecule has 1 aromatic rings. The third kappa shape index (κ3) is 2.38. The van der Waals surface area contributed by atoms with Gasteiger partial charge in [-0.05, 0) is 17.9 Å². The van der Waals surface area contributed by atoms with Crippen LogP contribution in [0.25, 0.3) is 6.08 Å². The van der Waals surface area contributed by atoms with Gasteiger partial charge in [0.05, 0.1) is 11.8 Å². The van der Waals surface area contributed by atoms with Gasteiger partial charge in [-0.15, -0.1) is 5.10 Å². The SMILES string of the molecule is CC(N)/C=C/c1cn[nH]c1[N+](=O)[O-]. The van der Waals surface area contributed by atoms with Crippen LogP contribution in [0.3, 0.4) is 0 Å². The minimum atomic E-state index is -0.520. The third-order valence-electron chi connectivity index (χ3n) is 1.41. The fourth-order valence-electron chi connectivity index (χ4n) is 0.812. The van der Waals surface area contributed by atoms with E-state index in [0.717, 1.165) is 0 Å². The van der Waals surface area contributed by atoms with E-state index >= 15 is 0 Å². The summed E-state index contributed by atoms with van der Waals surface area (Å²) in [7, 11) is 0. The molecule has 6 nitrogen and oxygen atoms in total. The Morgan fingerprint density at radius 2 is 2.54 bits per heavy atom. The van der Waals surface area contributed by atoms with Crippen molar-refractivity contribution in [2.75, 3.05) is 0 Å². The molecule has 13 heavy (non-hydrogen) atoms. The first-order valence-corrected chi connectivity index (χ1v) is 3.73. The number of nitrogens with one attached hydrogen (secondary N) is 1.